The number of para-hydroxylation sites is 2. The summed E-state index contributed by atoms with van der Waals surface area (Å²) in [4.78, 5) is 24.1. The van der Waals surface area contributed by atoms with E-state index in [1.807, 2.05) is 6.26 Å². The lowest BCUT2D eigenvalue weighted by atomic mass is 10.2. The Morgan fingerprint density at radius 3 is 2.65 bits per heavy atom. The minimum atomic E-state index is -3.98. The fourth-order valence-electron chi connectivity index (χ4n) is 2.68. The SMILES string of the molecule is CSc1ccc(S(=O)(=O)N2CC(=O)Nc3ccccc32)cc1NC(C)=O. The van der Waals surface area contributed by atoms with Crippen molar-refractivity contribution >= 4 is 50.7 Å². The zero-order valence-electron chi connectivity index (χ0n) is 14.1. The number of fused-ring (bicyclic) bond motifs is 1. The number of benzene rings is 2. The number of anilines is 3. The highest BCUT2D eigenvalue weighted by Crippen LogP contribution is 2.35. The van der Waals surface area contributed by atoms with Gasteiger partial charge in [-0.15, -0.1) is 11.8 Å². The van der Waals surface area contributed by atoms with Crippen LogP contribution >= 0.6 is 11.8 Å². The quantitative estimate of drug-likeness (QED) is 0.781. The second-order valence-corrected chi connectivity index (χ2v) is 8.33. The molecule has 2 amide bonds. The molecule has 0 atom stereocenters. The monoisotopic (exact) mass is 391 g/mol. The van der Waals surface area contributed by atoms with Gasteiger partial charge in [0.2, 0.25) is 11.8 Å². The van der Waals surface area contributed by atoms with Gasteiger partial charge in [-0.25, -0.2) is 8.42 Å². The number of nitrogens with zero attached hydrogens (tertiary/aromatic N) is 1. The van der Waals surface area contributed by atoms with Crippen molar-refractivity contribution in [3.05, 3.63) is 42.5 Å². The van der Waals surface area contributed by atoms with Crippen molar-refractivity contribution in [2.75, 3.05) is 27.7 Å². The molecule has 0 bridgehead atoms. The number of thioether (sulfide) groups is 1. The second kappa shape index (κ2) is 7.00. The standard InChI is InChI=1S/C17H17N3O4S2/c1-11(21)18-14-9-12(7-8-16(14)25-2)26(23,24)20-10-17(22)19-13-5-3-4-6-15(13)20/h3-9H,10H2,1-2H3,(H,18,21)(H,19,22). The van der Waals surface area contributed by atoms with Crippen LogP contribution in [0, 0.1) is 0 Å². The molecule has 3 rings (SSSR count). The summed E-state index contributed by atoms with van der Waals surface area (Å²) in [6.07, 6.45) is 1.83. The summed E-state index contributed by atoms with van der Waals surface area (Å²) in [5.41, 5.74) is 1.26. The minimum Gasteiger partial charge on any atom is -0.325 e. The van der Waals surface area contributed by atoms with E-state index in [2.05, 4.69) is 10.6 Å². The maximum atomic E-state index is 13.2. The number of carbonyl (C=O) groups is 2. The molecule has 1 aliphatic heterocycles. The largest absolute Gasteiger partial charge is 0.325 e. The zero-order valence-corrected chi connectivity index (χ0v) is 15.8. The van der Waals surface area contributed by atoms with Gasteiger partial charge in [-0.3, -0.25) is 13.9 Å². The first-order valence-electron chi connectivity index (χ1n) is 7.70. The molecule has 2 aromatic carbocycles. The summed E-state index contributed by atoms with van der Waals surface area (Å²) in [7, 11) is -3.98. The molecular formula is C17H17N3O4S2. The Hall–Kier alpha value is -2.52. The fourth-order valence-corrected chi connectivity index (χ4v) is 4.68. The molecule has 0 fully saturated rings. The van der Waals surface area contributed by atoms with Gasteiger partial charge in [-0.05, 0) is 36.6 Å². The van der Waals surface area contributed by atoms with E-state index in [9.17, 15) is 18.0 Å². The Bertz CT molecular complexity index is 989. The Morgan fingerprint density at radius 2 is 1.96 bits per heavy atom. The van der Waals surface area contributed by atoms with Crippen LogP contribution in [0.1, 0.15) is 6.92 Å². The molecule has 0 aromatic heterocycles. The van der Waals surface area contributed by atoms with Gasteiger partial charge in [0.05, 0.1) is 22.0 Å². The molecule has 1 heterocycles. The Kier molecular flexibility index (Phi) is 4.92. The molecule has 1 aliphatic rings. The average Bonchev–Trinajstić information content (AvgIpc) is 2.60. The van der Waals surface area contributed by atoms with E-state index < -0.39 is 15.9 Å². The maximum absolute atomic E-state index is 13.2. The molecule has 0 saturated heterocycles. The predicted molar refractivity (Wildman–Crippen MR) is 102 cm³/mol. The molecule has 0 spiro atoms. The molecule has 0 saturated carbocycles. The number of amides is 2. The van der Waals surface area contributed by atoms with Gasteiger partial charge in [0.15, 0.2) is 0 Å². The van der Waals surface area contributed by atoms with Gasteiger partial charge in [-0.2, -0.15) is 0 Å². The van der Waals surface area contributed by atoms with Gasteiger partial charge in [0, 0.05) is 11.8 Å². The van der Waals surface area contributed by atoms with Crippen LogP contribution in [-0.4, -0.2) is 33.0 Å². The summed E-state index contributed by atoms with van der Waals surface area (Å²) in [5.74, 6) is -0.701. The molecule has 2 N–H and O–H groups in total. The van der Waals surface area contributed by atoms with Crippen LogP contribution in [-0.2, 0) is 19.6 Å². The lowest BCUT2D eigenvalue weighted by molar-refractivity contribution is -0.115. The number of hydrogen-bond donors (Lipinski definition) is 2. The van der Waals surface area contributed by atoms with Gasteiger partial charge in [0.25, 0.3) is 10.0 Å². The summed E-state index contributed by atoms with van der Waals surface area (Å²) >= 11 is 1.39. The Morgan fingerprint density at radius 1 is 1.23 bits per heavy atom. The van der Waals surface area contributed by atoms with Crippen LogP contribution in [0.25, 0.3) is 0 Å². The molecule has 26 heavy (non-hydrogen) atoms. The number of rotatable bonds is 4. The van der Waals surface area contributed by atoms with E-state index in [1.165, 1.54) is 30.8 Å². The third kappa shape index (κ3) is 3.40. The number of nitrogens with one attached hydrogen (secondary N) is 2. The van der Waals surface area contributed by atoms with E-state index in [0.29, 0.717) is 17.1 Å². The molecule has 2 aromatic rings. The topological polar surface area (TPSA) is 95.6 Å². The van der Waals surface area contributed by atoms with Crippen LogP contribution in [0.5, 0.6) is 0 Å². The highest BCUT2D eigenvalue weighted by Gasteiger charge is 2.32. The molecule has 0 unspecified atom stereocenters. The minimum absolute atomic E-state index is 0.00329. The Balaban J connectivity index is 2.09. The van der Waals surface area contributed by atoms with E-state index >= 15 is 0 Å². The summed E-state index contributed by atoms with van der Waals surface area (Å²) < 4.78 is 27.4. The number of carbonyl (C=O) groups excluding carboxylic acids is 2. The average molecular weight is 391 g/mol. The molecule has 0 radical (unpaired) electrons. The molecule has 9 heteroatoms. The normalized spacial score (nSPS) is 13.8. The van der Waals surface area contributed by atoms with E-state index in [4.69, 9.17) is 0 Å². The first-order chi connectivity index (χ1) is 12.3. The predicted octanol–water partition coefficient (Wildman–Crippen LogP) is 2.51. The number of sulfonamides is 1. The molecule has 0 aliphatic carbocycles. The van der Waals surface area contributed by atoms with E-state index in [1.54, 1.807) is 30.3 Å². The van der Waals surface area contributed by atoms with Crippen molar-refractivity contribution in [1.82, 2.24) is 0 Å². The van der Waals surface area contributed by atoms with E-state index in [-0.39, 0.29) is 17.3 Å². The van der Waals surface area contributed by atoms with Gasteiger partial charge < -0.3 is 10.6 Å². The van der Waals surface area contributed by atoms with Crippen LogP contribution < -0.4 is 14.9 Å². The second-order valence-electron chi connectivity index (χ2n) is 5.62. The van der Waals surface area contributed by atoms with Crippen molar-refractivity contribution in [1.29, 1.82) is 0 Å². The van der Waals surface area contributed by atoms with Crippen molar-refractivity contribution < 1.29 is 18.0 Å². The van der Waals surface area contributed by atoms with Crippen LogP contribution in [0.4, 0.5) is 17.1 Å². The summed E-state index contributed by atoms with van der Waals surface area (Å²) in [6, 6.07) is 11.2. The van der Waals surface area contributed by atoms with E-state index in [0.717, 1.165) is 9.20 Å². The third-order valence-corrected chi connectivity index (χ3v) is 6.36. The zero-order chi connectivity index (χ0) is 18.9. The third-order valence-electron chi connectivity index (χ3n) is 3.80. The molecule has 136 valence electrons. The van der Waals surface area contributed by atoms with Crippen molar-refractivity contribution in [2.24, 2.45) is 0 Å². The van der Waals surface area contributed by atoms with Crippen LogP contribution in [0.2, 0.25) is 0 Å². The van der Waals surface area contributed by atoms with Crippen LogP contribution in [0.15, 0.2) is 52.3 Å². The van der Waals surface area contributed by atoms with Crippen molar-refractivity contribution in [3.63, 3.8) is 0 Å². The van der Waals surface area contributed by atoms with Gasteiger partial charge >= 0.3 is 0 Å². The van der Waals surface area contributed by atoms with Crippen molar-refractivity contribution in [2.45, 2.75) is 16.7 Å². The maximum Gasteiger partial charge on any atom is 0.264 e. The first kappa shape index (κ1) is 18.3. The lowest BCUT2D eigenvalue weighted by Gasteiger charge is -2.30. The van der Waals surface area contributed by atoms with Crippen molar-refractivity contribution in [3.8, 4) is 0 Å². The fraction of sp³-hybridized carbons (Fsp3) is 0.176. The van der Waals surface area contributed by atoms with Crippen LogP contribution in [0.3, 0.4) is 0 Å². The highest BCUT2D eigenvalue weighted by atomic mass is 32.2. The van der Waals surface area contributed by atoms with Gasteiger partial charge in [0.1, 0.15) is 6.54 Å². The Labute approximate surface area is 155 Å². The number of hydrogen-bond acceptors (Lipinski definition) is 5. The lowest BCUT2D eigenvalue weighted by Crippen LogP contribution is -2.42. The summed E-state index contributed by atoms with van der Waals surface area (Å²) in [6.45, 7) is 1.05. The first-order valence-corrected chi connectivity index (χ1v) is 10.4. The smallest absolute Gasteiger partial charge is 0.264 e. The summed E-state index contributed by atoms with van der Waals surface area (Å²) in [5, 5.41) is 5.31. The molecule has 7 nitrogen and oxygen atoms in total. The highest BCUT2D eigenvalue weighted by molar-refractivity contribution is 7.98. The molecular weight excluding hydrogens is 374 g/mol. The van der Waals surface area contributed by atoms with Gasteiger partial charge in [-0.1, -0.05) is 12.1 Å².